The molecule has 0 saturated heterocycles. The minimum absolute atomic E-state index is 0.0264. The molecule has 0 heterocycles. The quantitative estimate of drug-likeness (QED) is 0.899. The van der Waals surface area contributed by atoms with Crippen molar-refractivity contribution in [3.63, 3.8) is 0 Å². The van der Waals surface area contributed by atoms with Crippen LogP contribution >= 0.6 is 11.6 Å². The Balaban J connectivity index is 3.03. The van der Waals surface area contributed by atoms with Crippen molar-refractivity contribution in [2.24, 2.45) is 5.92 Å². The number of amides is 1. The number of nitrogens with one attached hydrogen (secondary N) is 1. The maximum Gasteiger partial charge on any atom is 0.416 e. The van der Waals surface area contributed by atoms with Crippen LogP contribution < -0.4 is 5.32 Å². The van der Waals surface area contributed by atoms with E-state index in [1.807, 2.05) is 0 Å². The van der Waals surface area contributed by atoms with Crippen LogP contribution in [0.4, 0.5) is 18.9 Å². The number of anilines is 1. The average molecular weight is 277 g/mol. The fourth-order valence-electron chi connectivity index (χ4n) is 1.10. The van der Waals surface area contributed by atoms with E-state index >= 15 is 0 Å². The summed E-state index contributed by atoms with van der Waals surface area (Å²) in [7, 11) is 0. The maximum atomic E-state index is 12.5. The highest BCUT2D eigenvalue weighted by molar-refractivity contribution is 6.33. The lowest BCUT2D eigenvalue weighted by Crippen LogP contribution is -2.19. The normalized spacial score (nSPS) is 12.7. The van der Waals surface area contributed by atoms with Crippen LogP contribution in [0.15, 0.2) is 18.2 Å². The fraction of sp³-hybridized carbons (Fsp3) is 0.273. The minimum Gasteiger partial charge on any atom is -0.324 e. The lowest BCUT2D eigenvalue weighted by Gasteiger charge is -2.12. The Hall–Kier alpha value is -1.74. The molecule has 96 valence electrons. The molecular formula is C11H8ClF3N2O. The van der Waals surface area contributed by atoms with Gasteiger partial charge in [0, 0.05) is 0 Å². The molecule has 0 spiro atoms. The predicted molar refractivity (Wildman–Crippen MR) is 59.9 cm³/mol. The van der Waals surface area contributed by atoms with E-state index in [0.717, 1.165) is 18.2 Å². The number of nitrogens with zero attached hydrogens (tertiary/aromatic N) is 1. The molecule has 0 aliphatic heterocycles. The van der Waals surface area contributed by atoms with Crippen molar-refractivity contribution in [1.82, 2.24) is 0 Å². The smallest absolute Gasteiger partial charge is 0.324 e. The number of alkyl halides is 3. The summed E-state index contributed by atoms with van der Waals surface area (Å²) in [4.78, 5) is 11.4. The average Bonchev–Trinajstić information content (AvgIpc) is 2.29. The number of benzene rings is 1. The van der Waals surface area contributed by atoms with Crippen molar-refractivity contribution in [1.29, 1.82) is 5.26 Å². The number of halogens is 4. The molecular weight excluding hydrogens is 269 g/mol. The highest BCUT2D eigenvalue weighted by Gasteiger charge is 2.31. The standard InChI is InChI=1S/C11H8ClF3N2O/c1-6(5-16)10(18)17-9-4-7(11(13,14)15)2-3-8(9)12/h2-4,6H,1H3,(H,17,18). The Morgan fingerprint density at radius 3 is 2.61 bits per heavy atom. The third kappa shape index (κ3) is 3.37. The number of hydrogen-bond donors (Lipinski definition) is 1. The summed E-state index contributed by atoms with van der Waals surface area (Å²) in [6, 6.07) is 4.25. The minimum atomic E-state index is -4.52. The molecule has 18 heavy (non-hydrogen) atoms. The summed E-state index contributed by atoms with van der Waals surface area (Å²) in [5, 5.41) is 10.7. The lowest BCUT2D eigenvalue weighted by molar-refractivity contribution is -0.137. The molecule has 1 rings (SSSR count). The second kappa shape index (κ2) is 5.27. The first-order chi connectivity index (χ1) is 8.25. The Bertz CT molecular complexity index is 508. The van der Waals surface area contributed by atoms with Gasteiger partial charge in [0.05, 0.1) is 22.3 Å². The SMILES string of the molecule is CC(C#N)C(=O)Nc1cc(C(F)(F)F)ccc1Cl. The van der Waals surface area contributed by atoms with Crippen LogP contribution in [0.3, 0.4) is 0 Å². The fourth-order valence-corrected chi connectivity index (χ4v) is 1.26. The summed E-state index contributed by atoms with van der Waals surface area (Å²) >= 11 is 5.67. The van der Waals surface area contributed by atoms with E-state index < -0.39 is 23.6 Å². The molecule has 0 saturated carbocycles. The summed E-state index contributed by atoms with van der Waals surface area (Å²) < 4.78 is 37.4. The Morgan fingerprint density at radius 2 is 2.11 bits per heavy atom. The zero-order valence-electron chi connectivity index (χ0n) is 9.18. The third-order valence-electron chi connectivity index (χ3n) is 2.14. The van der Waals surface area contributed by atoms with Gasteiger partial charge in [-0.05, 0) is 25.1 Å². The summed E-state index contributed by atoms with van der Waals surface area (Å²) in [6.07, 6.45) is -4.52. The van der Waals surface area contributed by atoms with Crippen LogP contribution in [0.2, 0.25) is 5.02 Å². The second-order valence-corrected chi connectivity index (χ2v) is 3.94. The van der Waals surface area contributed by atoms with Crippen LogP contribution in [0.25, 0.3) is 0 Å². The summed E-state index contributed by atoms with van der Waals surface area (Å²) in [5.41, 5.74) is -1.09. The maximum absolute atomic E-state index is 12.5. The predicted octanol–water partition coefficient (Wildman–Crippen LogP) is 3.46. The Morgan fingerprint density at radius 1 is 1.50 bits per heavy atom. The van der Waals surface area contributed by atoms with Gasteiger partial charge in [0.15, 0.2) is 0 Å². The van der Waals surface area contributed by atoms with Crippen molar-refractivity contribution < 1.29 is 18.0 Å². The molecule has 0 aliphatic carbocycles. The summed E-state index contributed by atoms with van der Waals surface area (Å²) in [5.74, 6) is -1.69. The van der Waals surface area contributed by atoms with E-state index in [1.54, 1.807) is 6.07 Å². The molecule has 3 nitrogen and oxygen atoms in total. The molecule has 0 aliphatic rings. The van der Waals surface area contributed by atoms with E-state index in [2.05, 4.69) is 5.32 Å². The molecule has 1 unspecified atom stereocenters. The van der Waals surface area contributed by atoms with Crippen LogP contribution in [0.1, 0.15) is 12.5 Å². The molecule has 1 amide bonds. The van der Waals surface area contributed by atoms with Gasteiger partial charge in [-0.2, -0.15) is 18.4 Å². The van der Waals surface area contributed by atoms with E-state index in [-0.39, 0.29) is 10.7 Å². The first-order valence-corrected chi connectivity index (χ1v) is 5.20. The molecule has 0 aromatic heterocycles. The number of hydrogen-bond acceptors (Lipinski definition) is 2. The molecule has 1 aromatic rings. The van der Waals surface area contributed by atoms with Gasteiger partial charge in [0.25, 0.3) is 0 Å². The zero-order valence-corrected chi connectivity index (χ0v) is 9.93. The third-order valence-corrected chi connectivity index (χ3v) is 2.47. The molecule has 1 N–H and O–H groups in total. The van der Waals surface area contributed by atoms with Crippen molar-refractivity contribution >= 4 is 23.2 Å². The van der Waals surface area contributed by atoms with Crippen LogP contribution in [0.5, 0.6) is 0 Å². The Kier molecular flexibility index (Phi) is 4.19. The van der Waals surface area contributed by atoms with E-state index in [0.29, 0.717) is 0 Å². The Labute approximate surface area is 106 Å². The monoisotopic (exact) mass is 276 g/mol. The molecule has 0 fully saturated rings. The largest absolute Gasteiger partial charge is 0.416 e. The van der Waals surface area contributed by atoms with E-state index in [1.165, 1.54) is 6.92 Å². The highest BCUT2D eigenvalue weighted by Crippen LogP contribution is 2.33. The number of carbonyl (C=O) groups excluding carboxylic acids is 1. The van der Waals surface area contributed by atoms with Gasteiger partial charge in [-0.3, -0.25) is 4.79 Å². The van der Waals surface area contributed by atoms with Crippen LogP contribution in [-0.4, -0.2) is 5.91 Å². The molecule has 1 atom stereocenters. The van der Waals surface area contributed by atoms with Gasteiger partial charge in [0.2, 0.25) is 5.91 Å². The van der Waals surface area contributed by atoms with Crippen molar-refractivity contribution in [2.45, 2.75) is 13.1 Å². The molecule has 0 radical (unpaired) electrons. The number of nitriles is 1. The van der Waals surface area contributed by atoms with Gasteiger partial charge in [-0.1, -0.05) is 11.6 Å². The van der Waals surface area contributed by atoms with Crippen LogP contribution in [0, 0.1) is 17.2 Å². The van der Waals surface area contributed by atoms with Crippen molar-refractivity contribution in [3.05, 3.63) is 28.8 Å². The van der Waals surface area contributed by atoms with Gasteiger partial charge < -0.3 is 5.32 Å². The zero-order chi connectivity index (χ0) is 13.9. The van der Waals surface area contributed by atoms with Gasteiger partial charge >= 0.3 is 6.18 Å². The number of carbonyl (C=O) groups is 1. The highest BCUT2D eigenvalue weighted by atomic mass is 35.5. The van der Waals surface area contributed by atoms with Crippen molar-refractivity contribution in [2.75, 3.05) is 5.32 Å². The first-order valence-electron chi connectivity index (χ1n) is 4.83. The van der Waals surface area contributed by atoms with Gasteiger partial charge in [-0.15, -0.1) is 0 Å². The second-order valence-electron chi connectivity index (χ2n) is 3.53. The van der Waals surface area contributed by atoms with E-state index in [4.69, 9.17) is 16.9 Å². The number of rotatable bonds is 2. The molecule has 7 heteroatoms. The van der Waals surface area contributed by atoms with Crippen molar-refractivity contribution in [3.8, 4) is 6.07 Å². The lowest BCUT2D eigenvalue weighted by atomic mass is 10.1. The summed E-state index contributed by atoms with van der Waals surface area (Å²) in [6.45, 7) is 1.33. The van der Waals surface area contributed by atoms with Gasteiger partial charge in [0.1, 0.15) is 5.92 Å². The first kappa shape index (κ1) is 14.3. The van der Waals surface area contributed by atoms with Crippen LogP contribution in [-0.2, 0) is 11.0 Å². The molecule has 0 bridgehead atoms. The van der Waals surface area contributed by atoms with E-state index in [9.17, 15) is 18.0 Å². The topological polar surface area (TPSA) is 52.9 Å². The van der Waals surface area contributed by atoms with Gasteiger partial charge in [-0.25, -0.2) is 0 Å². The molecule has 1 aromatic carbocycles.